The minimum Gasteiger partial charge on any atom is -0.481 e. The molecule has 0 heterocycles. The summed E-state index contributed by atoms with van der Waals surface area (Å²) < 4.78 is 9.59. The quantitative estimate of drug-likeness (QED) is 0.355. The van der Waals surface area contributed by atoms with Crippen LogP contribution in [0.15, 0.2) is 48.5 Å². The van der Waals surface area contributed by atoms with Crippen LogP contribution in [0.25, 0.3) is 0 Å². The summed E-state index contributed by atoms with van der Waals surface area (Å²) >= 11 is 0. The van der Waals surface area contributed by atoms with Crippen molar-refractivity contribution in [3.8, 4) is 11.5 Å². The molecular weight excluding hydrogens is 476 g/mol. The van der Waals surface area contributed by atoms with E-state index in [2.05, 4.69) is 0 Å². The smallest absolute Gasteiger partial charge is 0.308 e. The number of carbonyl (C=O) groups is 4. The Bertz CT molecular complexity index is 687. The van der Waals surface area contributed by atoms with Gasteiger partial charge in [0.2, 0.25) is 0 Å². The van der Waals surface area contributed by atoms with Crippen LogP contribution in [0.5, 0.6) is 11.5 Å². The number of carboxylic acid groups (broad SMARTS) is 2. The van der Waals surface area contributed by atoms with E-state index < -0.39 is 11.9 Å². The van der Waals surface area contributed by atoms with E-state index in [9.17, 15) is 19.2 Å². The molecule has 0 fully saturated rings. The Morgan fingerprint density at radius 3 is 1.14 bits per heavy atom. The number of carboxylic acids is 2. The first kappa shape index (κ1) is 26.1. The molecule has 9 heteroatoms. The monoisotopic (exact) mass is 495 g/mol. The number of aliphatic carboxylic acids is 2. The molecule has 2 aromatic rings. The molecule has 0 aliphatic carbocycles. The molecule has 0 saturated carbocycles. The van der Waals surface area contributed by atoms with Crippen molar-refractivity contribution in [2.45, 2.75) is 26.7 Å². The SMILES string of the molecule is CC(=O)Oc1ccc(OC(C)=O)cc1.O=C(O)Cc1ccc(CC(=O)O)cc1.[Ag]. The van der Waals surface area contributed by atoms with Gasteiger partial charge in [-0.25, -0.2) is 0 Å². The zero-order valence-corrected chi connectivity index (χ0v) is 17.2. The first-order chi connectivity index (χ1) is 13.2. The molecule has 0 unspecified atom stereocenters. The van der Waals surface area contributed by atoms with E-state index in [-0.39, 0.29) is 47.2 Å². The summed E-state index contributed by atoms with van der Waals surface area (Å²) in [5.74, 6) is -1.70. The number of rotatable bonds is 6. The number of benzene rings is 2. The van der Waals surface area contributed by atoms with Crippen molar-refractivity contribution in [1.29, 1.82) is 0 Å². The molecule has 0 amide bonds. The molecule has 0 atom stereocenters. The predicted octanol–water partition coefficient (Wildman–Crippen LogP) is 2.48. The van der Waals surface area contributed by atoms with Crippen LogP contribution < -0.4 is 9.47 Å². The number of ether oxygens (including phenoxy) is 2. The Kier molecular flexibility index (Phi) is 11.9. The fourth-order valence-corrected chi connectivity index (χ4v) is 2.03. The maximum Gasteiger partial charge on any atom is 0.308 e. The Hall–Kier alpha value is -2.94. The average Bonchev–Trinajstić information content (AvgIpc) is 2.57. The first-order valence-electron chi connectivity index (χ1n) is 8.14. The van der Waals surface area contributed by atoms with E-state index in [0.717, 1.165) is 0 Å². The Balaban J connectivity index is 0.000000523. The third-order valence-electron chi connectivity index (χ3n) is 3.08. The summed E-state index contributed by atoms with van der Waals surface area (Å²) in [6.45, 7) is 2.64. The number of carbonyl (C=O) groups excluding carboxylic acids is 2. The minimum absolute atomic E-state index is 0. The number of hydrogen-bond acceptors (Lipinski definition) is 6. The molecule has 159 valence electrons. The van der Waals surface area contributed by atoms with Crippen molar-refractivity contribution >= 4 is 23.9 Å². The topological polar surface area (TPSA) is 127 Å². The molecule has 0 saturated heterocycles. The normalized spacial score (nSPS) is 9.17. The molecule has 8 nitrogen and oxygen atoms in total. The maximum absolute atomic E-state index is 10.6. The Labute approximate surface area is 183 Å². The molecule has 2 N–H and O–H groups in total. The summed E-state index contributed by atoms with van der Waals surface area (Å²) in [6, 6.07) is 12.7. The summed E-state index contributed by atoms with van der Waals surface area (Å²) in [7, 11) is 0. The second-order valence-electron chi connectivity index (χ2n) is 5.62. The van der Waals surface area contributed by atoms with Crippen LogP contribution in [-0.2, 0) is 54.4 Å². The molecule has 1 radical (unpaired) electrons. The fraction of sp³-hybridized carbons (Fsp3) is 0.200. The van der Waals surface area contributed by atoms with Crippen LogP contribution in [-0.4, -0.2) is 34.1 Å². The molecule has 0 bridgehead atoms. The second-order valence-corrected chi connectivity index (χ2v) is 5.62. The third-order valence-corrected chi connectivity index (χ3v) is 3.08. The van der Waals surface area contributed by atoms with Crippen molar-refractivity contribution in [1.82, 2.24) is 0 Å². The molecule has 29 heavy (non-hydrogen) atoms. The summed E-state index contributed by atoms with van der Waals surface area (Å²) in [5, 5.41) is 17.0. The number of hydrogen-bond donors (Lipinski definition) is 2. The van der Waals surface area contributed by atoms with Gasteiger partial charge in [0, 0.05) is 36.2 Å². The van der Waals surface area contributed by atoms with Gasteiger partial charge in [0.25, 0.3) is 0 Å². The Morgan fingerprint density at radius 2 is 0.931 bits per heavy atom. The predicted molar refractivity (Wildman–Crippen MR) is 98.2 cm³/mol. The van der Waals surface area contributed by atoms with Crippen LogP contribution >= 0.6 is 0 Å². The Morgan fingerprint density at radius 1 is 0.655 bits per heavy atom. The van der Waals surface area contributed by atoms with Gasteiger partial charge in [-0.15, -0.1) is 0 Å². The number of esters is 2. The second kappa shape index (κ2) is 13.3. The zero-order valence-electron chi connectivity index (χ0n) is 15.7. The van der Waals surface area contributed by atoms with E-state index in [1.165, 1.54) is 13.8 Å². The van der Waals surface area contributed by atoms with E-state index >= 15 is 0 Å². The van der Waals surface area contributed by atoms with Gasteiger partial charge >= 0.3 is 23.9 Å². The van der Waals surface area contributed by atoms with E-state index in [0.29, 0.717) is 22.6 Å². The van der Waals surface area contributed by atoms with Crippen molar-refractivity contribution in [3.05, 3.63) is 59.7 Å². The zero-order chi connectivity index (χ0) is 21.1. The van der Waals surface area contributed by atoms with Crippen molar-refractivity contribution in [2.75, 3.05) is 0 Å². The van der Waals surface area contributed by atoms with Crippen LogP contribution in [0.3, 0.4) is 0 Å². The van der Waals surface area contributed by atoms with Gasteiger partial charge in [0.15, 0.2) is 0 Å². The molecule has 0 aliphatic heterocycles. The summed E-state index contributed by atoms with van der Waals surface area (Å²) in [4.78, 5) is 41.8. The van der Waals surface area contributed by atoms with Gasteiger partial charge in [-0.2, -0.15) is 0 Å². The molecule has 0 aliphatic rings. The largest absolute Gasteiger partial charge is 0.481 e. The molecule has 2 rings (SSSR count). The van der Waals surface area contributed by atoms with Gasteiger partial charge in [-0.3, -0.25) is 19.2 Å². The molecule has 0 aromatic heterocycles. The van der Waals surface area contributed by atoms with Gasteiger partial charge in [-0.1, -0.05) is 24.3 Å². The summed E-state index contributed by atoms with van der Waals surface area (Å²) in [5.41, 5.74) is 1.35. The minimum atomic E-state index is -0.893. The third kappa shape index (κ3) is 12.2. The van der Waals surface area contributed by atoms with E-state index in [1.54, 1.807) is 48.5 Å². The fourth-order valence-electron chi connectivity index (χ4n) is 2.03. The van der Waals surface area contributed by atoms with Gasteiger partial charge in [0.1, 0.15) is 11.5 Å². The van der Waals surface area contributed by atoms with Crippen molar-refractivity contribution in [3.63, 3.8) is 0 Å². The van der Waals surface area contributed by atoms with Crippen molar-refractivity contribution < 1.29 is 61.2 Å². The van der Waals surface area contributed by atoms with Gasteiger partial charge < -0.3 is 19.7 Å². The van der Waals surface area contributed by atoms with Gasteiger partial charge in [-0.05, 0) is 35.4 Å². The van der Waals surface area contributed by atoms with E-state index in [1.807, 2.05) is 0 Å². The standard InChI is InChI=1S/2C10H10O4.Ag/c1-7(11)13-9-3-5-10(6-4-9)14-8(2)12;11-9(12)5-7-1-2-8(4-3-7)6-10(13)14;/h3-6H,1-2H3;1-4H,5-6H2,(H,11,12)(H,13,14);. The van der Waals surface area contributed by atoms with Crippen LogP contribution in [0, 0.1) is 0 Å². The molecular formula is C20H20AgO8. The van der Waals surface area contributed by atoms with Crippen LogP contribution in [0.2, 0.25) is 0 Å². The first-order valence-corrected chi connectivity index (χ1v) is 8.14. The van der Waals surface area contributed by atoms with Gasteiger partial charge in [0.05, 0.1) is 12.8 Å². The average molecular weight is 496 g/mol. The molecule has 0 spiro atoms. The van der Waals surface area contributed by atoms with Crippen LogP contribution in [0.4, 0.5) is 0 Å². The molecule has 2 aromatic carbocycles. The summed E-state index contributed by atoms with van der Waals surface area (Å²) in [6.07, 6.45) is -0.0687. The van der Waals surface area contributed by atoms with Crippen molar-refractivity contribution in [2.24, 2.45) is 0 Å². The van der Waals surface area contributed by atoms with E-state index in [4.69, 9.17) is 19.7 Å². The van der Waals surface area contributed by atoms with Crippen LogP contribution in [0.1, 0.15) is 25.0 Å². The maximum atomic E-state index is 10.6.